The fraction of sp³-hybridized carbons (Fsp3) is 0.0606. The number of benzene rings is 11. The quantitative estimate of drug-likeness (QED) is 0.162. The van der Waals surface area contributed by atoms with Gasteiger partial charge in [0.15, 0.2) is 0 Å². The van der Waals surface area contributed by atoms with E-state index in [9.17, 15) is 0 Å². The molecule has 3 aliphatic carbocycles. The number of fused-ring (bicyclic) bond motifs is 23. The highest BCUT2D eigenvalue weighted by Crippen LogP contribution is 2.64. The SMILES string of the molecule is CC1(C)c2ccccc2-c2c1ccc1oc3cc(-c4c5ccccc5c(-c5cccc6c5oc5ccc7c(c56)-c5ccccc5C75c6ccccc6-c6ccccc65)c5ccccc45)ccc3c21. The van der Waals surface area contributed by atoms with E-state index in [4.69, 9.17) is 8.83 Å². The maximum absolute atomic E-state index is 7.21. The third kappa shape index (κ3) is 4.31. The molecule has 0 saturated heterocycles. The van der Waals surface area contributed by atoms with Gasteiger partial charge in [-0.25, -0.2) is 0 Å². The smallest absolute Gasteiger partial charge is 0.143 e. The van der Waals surface area contributed by atoms with Crippen LogP contribution in [0, 0.1) is 0 Å². The van der Waals surface area contributed by atoms with Crippen molar-refractivity contribution in [2.24, 2.45) is 0 Å². The average molecular weight is 865 g/mol. The van der Waals surface area contributed by atoms with E-state index in [1.54, 1.807) is 0 Å². The van der Waals surface area contributed by atoms with Crippen LogP contribution in [0.3, 0.4) is 0 Å². The number of furan rings is 2. The first-order valence-corrected chi connectivity index (χ1v) is 23.8. The van der Waals surface area contributed by atoms with Crippen LogP contribution in [0.4, 0.5) is 0 Å². The van der Waals surface area contributed by atoms with Crippen molar-refractivity contribution >= 4 is 65.4 Å². The molecular weight excluding hydrogens is 825 g/mol. The molecule has 0 bridgehead atoms. The summed E-state index contributed by atoms with van der Waals surface area (Å²) in [5.74, 6) is 0. The molecule has 13 aromatic rings. The first-order valence-electron chi connectivity index (χ1n) is 23.8. The molecule has 0 N–H and O–H groups in total. The Morgan fingerprint density at radius 3 is 1.43 bits per heavy atom. The first kappa shape index (κ1) is 36.7. The molecule has 1 spiro atoms. The van der Waals surface area contributed by atoms with Gasteiger partial charge in [0, 0.05) is 38.1 Å². The summed E-state index contributed by atoms with van der Waals surface area (Å²) < 4.78 is 14.0. The predicted octanol–water partition coefficient (Wildman–Crippen LogP) is 17.8. The molecule has 0 aliphatic heterocycles. The van der Waals surface area contributed by atoms with Crippen LogP contribution in [0.25, 0.3) is 121 Å². The zero-order valence-corrected chi connectivity index (χ0v) is 37.4. The summed E-state index contributed by atoms with van der Waals surface area (Å²) in [7, 11) is 0. The normalized spacial score (nSPS) is 14.6. The van der Waals surface area contributed by atoms with Crippen LogP contribution in [-0.2, 0) is 10.8 Å². The van der Waals surface area contributed by atoms with Gasteiger partial charge in [-0.05, 0) is 124 Å². The molecule has 2 heterocycles. The van der Waals surface area contributed by atoms with Crippen LogP contribution in [0.15, 0.2) is 215 Å². The lowest BCUT2D eigenvalue weighted by Crippen LogP contribution is -2.25. The van der Waals surface area contributed by atoms with E-state index < -0.39 is 5.41 Å². The van der Waals surface area contributed by atoms with E-state index in [1.165, 1.54) is 110 Å². The lowest BCUT2D eigenvalue weighted by Gasteiger charge is -2.30. The fourth-order valence-electron chi connectivity index (χ4n) is 13.6. The highest BCUT2D eigenvalue weighted by molar-refractivity contribution is 6.26. The van der Waals surface area contributed by atoms with Crippen molar-refractivity contribution in [1.82, 2.24) is 0 Å². The molecule has 0 unspecified atom stereocenters. The van der Waals surface area contributed by atoms with Gasteiger partial charge in [0.05, 0.1) is 5.41 Å². The van der Waals surface area contributed by atoms with Crippen molar-refractivity contribution in [2.45, 2.75) is 24.7 Å². The fourth-order valence-corrected chi connectivity index (χ4v) is 13.6. The van der Waals surface area contributed by atoms with Crippen molar-refractivity contribution in [3.05, 3.63) is 240 Å². The minimum atomic E-state index is -0.426. The number of hydrogen-bond donors (Lipinski definition) is 0. The zero-order chi connectivity index (χ0) is 44.6. The molecule has 3 aliphatic rings. The zero-order valence-electron chi connectivity index (χ0n) is 37.4. The summed E-state index contributed by atoms with van der Waals surface area (Å²) in [4.78, 5) is 0. The lowest BCUT2D eigenvalue weighted by molar-refractivity contribution is 0.656. The molecule has 11 aromatic carbocycles. The summed E-state index contributed by atoms with van der Waals surface area (Å²) in [6.07, 6.45) is 0. The lowest BCUT2D eigenvalue weighted by atomic mass is 9.70. The monoisotopic (exact) mass is 864 g/mol. The van der Waals surface area contributed by atoms with E-state index in [2.05, 4.69) is 220 Å². The van der Waals surface area contributed by atoms with Gasteiger partial charge in [0.2, 0.25) is 0 Å². The number of hydrogen-bond acceptors (Lipinski definition) is 2. The van der Waals surface area contributed by atoms with Crippen LogP contribution in [0.2, 0.25) is 0 Å². The maximum Gasteiger partial charge on any atom is 0.143 e. The molecule has 316 valence electrons. The van der Waals surface area contributed by atoms with Crippen LogP contribution in [0.5, 0.6) is 0 Å². The van der Waals surface area contributed by atoms with Gasteiger partial charge in [0.25, 0.3) is 0 Å². The third-order valence-corrected chi connectivity index (χ3v) is 16.3. The second-order valence-corrected chi connectivity index (χ2v) is 19.7. The van der Waals surface area contributed by atoms with Crippen LogP contribution in [-0.4, -0.2) is 0 Å². The van der Waals surface area contributed by atoms with Gasteiger partial charge in [-0.15, -0.1) is 0 Å². The maximum atomic E-state index is 7.21. The van der Waals surface area contributed by atoms with Gasteiger partial charge >= 0.3 is 0 Å². The Labute approximate surface area is 392 Å². The summed E-state index contributed by atoms with van der Waals surface area (Å²) in [5.41, 5.74) is 23.6. The van der Waals surface area contributed by atoms with E-state index in [-0.39, 0.29) is 5.41 Å². The van der Waals surface area contributed by atoms with E-state index in [0.29, 0.717) is 0 Å². The summed E-state index contributed by atoms with van der Waals surface area (Å²) >= 11 is 0. The third-order valence-electron chi connectivity index (χ3n) is 16.3. The topological polar surface area (TPSA) is 26.3 Å². The molecule has 0 fully saturated rings. The van der Waals surface area contributed by atoms with Crippen molar-refractivity contribution in [1.29, 1.82) is 0 Å². The highest BCUT2D eigenvalue weighted by atomic mass is 16.3. The molecule has 2 nitrogen and oxygen atoms in total. The predicted molar refractivity (Wildman–Crippen MR) is 281 cm³/mol. The van der Waals surface area contributed by atoms with Gasteiger partial charge in [-0.1, -0.05) is 196 Å². The molecule has 68 heavy (non-hydrogen) atoms. The van der Waals surface area contributed by atoms with E-state index in [0.717, 1.165) is 44.2 Å². The summed E-state index contributed by atoms with van der Waals surface area (Å²) in [6.45, 7) is 4.68. The van der Waals surface area contributed by atoms with Crippen molar-refractivity contribution < 1.29 is 8.83 Å². The molecule has 0 atom stereocenters. The Kier molecular flexibility index (Phi) is 6.86. The Morgan fingerprint density at radius 1 is 0.294 bits per heavy atom. The largest absolute Gasteiger partial charge is 0.456 e. The van der Waals surface area contributed by atoms with E-state index in [1.807, 2.05) is 0 Å². The molecular formula is C66H40O2. The Morgan fingerprint density at radius 2 is 0.765 bits per heavy atom. The van der Waals surface area contributed by atoms with Crippen LogP contribution < -0.4 is 0 Å². The average Bonchev–Trinajstić information content (AvgIpc) is 4.16. The summed E-state index contributed by atoms with van der Waals surface area (Å²) in [5, 5.41) is 9.41. The molecule has 16 rings (SSSR count). The molecule has 0 amide bonds. The van der Waals surface area contributed by atoms with Gasteiger partial charge in [0.1, 0.15) is 22.3 Å². The Bertz CT molecular complexity index is 4320. The van der Waals surface area contributed by atoms with Crippen molar-refractivity contribution in [2.75, 3.05) is 0 Å². The molecule has 2 aromatic heterocycles. The molecule has 2 heteroatoms. The van der Waals surface area contributed by atoms with Gasteiger partial charge in [-0.3, -0.25) is 0 Å². The van der Waals surface area contributed by atoms with Gasteiger partial charge < -0.3 is 8.83 Å². The number of para-hydroxylation sites is 1. The minimum Gasteiger partial charge on any atom is -0.456 e. The first-order chi connectivity index (χ1) is 33.5. The highest BCUT2D eigenvalue weighted by Gasteiger charge is 2.52. The van der Waals surface area contributed by atoms with Gasteiger partial charge in [-0.2, -0.15) is 0 Å². The second kappa shape index (κ2) is 12.7. The van der Waals surface area contributed by atoms with Crippen molar-refractivity contribution in [3.8, 4) is 55.6 Å². The van der Waals surface area contributed by atoms with Crippen molar-refractivity contribution in [3.63, 3.8) is 0 Å². The molecule has 0 saturated carbocycles. The minimum absolute atomic E-state index is 0.0838. The van der Waals surface area contributed by atoms with Crippen LogP contribution in [0.1, 0.15) is 47.2 Å². The Balaban J connectivity index is 0.932. The second-order valence-electron chi connectivity index (χ2n) is 19.7. The summed E-state index contributed by atoms with van der Waals surface area (Å²) in [6, 6.07) is 76.5. The Hall–Kier alpha value is -8.46. The molecule has 0 radical (unpaired) electrons. The van der Waals surface area contributed by atoms with Crippen LogP contribution >= 0.6 is 0 Å². The standard InChI is InChI=1S/C66H40O2/c1-65(2)49-26-11-9-22-44(49)60-53(65)32-34-55-62(60)46-31-30-37(36-57(46)67-55)58-40-18-3-5-20-42(40)59(43-21-6-4-19-41(43)58)47-24-15-25-48-63-56(68-64(47)48)35-33-54-61(63)45-23-10-14-29-52(45)66(54)50-27-12-7-16-38(50)39-17-8-13-28-51(39)66/h3-36H,1-2H3. The number of rotatable bonds is 2. The van der Waals surface area contributed by atoms with E-state index >= 15 is 0 Å².